The molecule has 1 aromatic rings. The third-order valence-electron chi connectivity index (χ3n) is 2.45. The van der Waals surface area contributed by atoms with Crippen molar-refractivity contribution in [3.05, 3.63) is 29.3 Å². The molecule has 5 heteroatoms. The van der Waals surface area contributed by atoms with Crippen LogP contribution in [0.15, 0.2) is 18.2 Å². The number of carboxylic acid groups (broad SMARTS) is 1. The molecule has 1 rings (SSSR count). The highest BCUT2D eigenvalue weighted by Gasteiger charge is 2.15. The van der Waals surface area contributed by atoms with Crippen LogP contribution in [-0.2, 0) is 4.79 Å². The molecule has 17 heavy (non-hydrogen) atoms. The third-order valence-corrected chi connectivity index (χ3v) is 2.45. The Kier molecular flexibility index (Phi) is 4.09. The fourth-order valence-corrected chi connectivity index (χ4v) is 1.53. The first kappa shape index (κ1) is 13.0. The van der Waals surface area contributed by atoms with E-state index in [9.17, 15) is 9.59 Å². The number of hydrogen-bond donors (Lipinski definition) is 2. The SMILES string of the molecule is CNC(=O)CN(C)c1ccc(C)cc1C(=O)O. The molecule has 0 aromatic heterocycles. The summed E-state index contributed by atoms with van der Waals surface area (Å²) in [6.45, 7) is 1.95. The lowest BCUT2D eigenvalue weighted by molar-refractivity contribution is -0.119. The second kappa shape index (κ2) is 5.34. The predicted molar refractivity (Wildman–Crippen MR) is 65.5 cm³/mol. The van der Waals surface area contributed by atoms with Crippen molar-refractivity contribution < 1.29 is 14.7 Å². The van der Waals surface area contributed by atoms with E-state index in [0.717, 1.165) is 5.56 Å². The molecule has 2 N–H and O–H groups in total. The van der Waals surface area contributed by atoms with E-state index < -0.39 is 5.97 Å². The van der Waals surface area contributed by atoms with Crippen LogP contribution in [0.4, 0.5) is 5.69 Å². The van der Waals surface area contributed by atoms with Gasteiger partial charge in [0.2, 0.25) is 5.91 Å². The molecule has 0 atom stereocenters. The van der Waals surface area contributed by atoms with E-state index in [1.165, 1.54) is 0 Å². The van der Waals surface area contributed by atoms with Gasteiger partial charge in [-0.3, -0.25) is 4.79 Å². The van der Waals surface area contributed by atoms with Gasteiger partial charge in [0, 0.05) is 14.1 Å². The van der Waals surface area contributed by atoms with Gasteiger partial charge in [-0.15, -0.1) is 0 Å². The second-order valence-electron chi connectivity index (χ2n) is 3.85. The van der Waals surface area contributed by atoms with E-state index in [-0.39, 0.29) is 18.0 Å². The van der Waals surface area contributed by atoms with Crippen molar-refractivity contribution in [1.29, 1.82) is 0 Å². The Morgan fingerprint density at radius 2 is 2.06 bits per heavy atom. The number of hydrogen-bond acceptors (Lipinski definition) is 3. The van der Waals surface area contributed by atoms with Gasteiger partial charge in [0.25, 0.3) is 0 Å². The molecule has 0 bridgehead atoms. The fourth-order valence-electron chi connectivity index (χ4n) is 1.53. The van der Waals surface area contributed by atoms with E-state index >= 15 is 0 Å². The molecule has 0 fully saturated rings. The number of likely N-dealkylation sites (N-methyl/N-ethyl adjacent to an activating group) is 2. The summed E-state index contributed by atoms with van der Waals surface area (Å²) in [6.07, 6.45) is 0. The van der Waals surface area contributed by atoms with Gasteiger partial charge < -0.3 is 15.3 Å². The Morgan fingerprint density at radius 1 is 1.41 bits per heavy atom. The maximum absolute atomic E-state index is 11.2. The topological polar surface area (TPSA) is 69.6 Å². The van der Waals surface area contributed by atoms with Crippen LogP contribution < -0.4 is 10.2 Å². The number of carbonyl (C=O) groups is 2. The molecule has 0 saturated carbocycles. The molecule has 0 aliphatic heterocycles. The number of nitrogens with one attached hydrogen (secondary N) is 1. The van der Waals surface area contributed by atoms with Crippen LogP contribution in [0.2, 0.25) is 0 Å². The number of nitrogens with zero attached hydrogens (tertiary/aromatic N) is 1. The number of rotatable bonds is 4. The van der Waals surface area contributed by atoms with Crippen LogP contribution in [-0.4, -0.2) is 37.6 Å². The zero-order valence-electron chi connectivity index (χ0n) is 10.2. The number of benzene rings is 1. The number of amides is 1. The largest absolute Gasteiger partial charge is 0.478 e. The molecule has 0 aliphatic rings. The van der Waals surface area contributed by atoms with Crippen LogP contribution in [0.5, 0.6) is 0 Å². The number of carbonyl (C=O) groups excluding carboxylic acids is 1. The van der Waals surface area contributed by atoms with E-state index in [0.29, 0.717) is 5.69 Å². The Labute approximate surface area is 100 Å². The maximum Gasteiger partial charge on any atom is 0.337 e. The number of carboxylic acids is 1. The van der Waals surface area contributed by atoms with Crippen molar-refractivity contribution in [3.63, 3.8) is 0 Å². The number of aromatic carboxylic acids is 1. The molecule has 92 valence electrons. The minimum atomic E-state index is -0.993. The highest BCUT2D eigenvalue weighted by atomic mass is 16.4. The summed E-state index contributed by atoms with van der Waals surface area (Å²) in [5.41, 5.74) is 1.61. The van der Waals surface area contributed by atoms with Crippen molar-refractivity contribution in [1.82, 2.24) is 5.32 Å². The molecule has 1 aromatic carbocycles. The highest BCUT2D eigenvalue weighted by Crippen LogP contribution is 2.20. The van der Waals surface area contributed by atoms with Gasteiger partial charge in [0.15, 0.2) is 0 Å². The smallest absolute Gasteiger partial charge is 0.337 e. The number of anilines is 1. The first-order valence-corrected chi connectivity index (χ1v) is 5.21. The fraction of sp³-hybridized carbons (Fsp3) is 0.333. The zero-order valence-corrected chi connectivity index (χ0v) is 10.2. The lowest BCUT2D eigenvalue weighted by atomic mass is 10.1. The second-order valence-corrected chi connectivity index (χ2v) is 3.85. The average molecular weight is 236 g/mol. The Hall–Kier alpha value is -2.04. The van der Waals surface area contributed by atoms with E-state index in [2.05, 4.69) is 5.32 Å². The zero-order chi connectivity index (χ0) is 13.0. The molecular formula is C12H16N2O3. The molecule has 1 amide bonds. The molecular weight excluding hydrogens is 220 g/mol. The summed E-state index contributed by atoms with van der Waals surface area (Å²) in [4.78, 5) is 24.0. The van der Waals surface area contributed by atoms with Gasteiger partial charge in [-0.25, -0.2) is 4.79 Å². The molecule has 0 saturated heterocycles. The summed E-state index contributed by atoms with van der Waals surface area (Å²) in [7, 11) is 3.23. The third kappa shape index (κ3) is 3.21. The van der Waals surface area contributed by atoms with Crippen LogP contribution >= 0.6 is 0 Å². The minimum absolute atomic E-state index is 0.125. The van der Waals surface area contributed by atoms with Crippen LogP contribution in [0.1, 0.15) is 15.9 Å². The van der Waals surface area contributed by atoms with E-state index in [1.54, 1.807) is 31.1 Å². The summed E-state index contributed by atoms with van der Waals surface area (Å²) in [6, 6.07) is 5.13. The van der Waals surface area contributed by atoms with Crippen molar-refractivity contribution in [2.75, 3.05) is 25.5 Å². The van der Waals surface area contributed by atoms with Crippen molar-refractivity contribution in [3.8, 4) is 0 Å². The van der Waals surface area contributed by atoms with Crippen molar-refractivity contribution in [2.24, 2.45) is 0 Å². The Morgan fingerprint density at radius 3 is 2.59 bits per heavy atom. The molecule has 0 aliphatic carbocycles. The normalized spacial score (nSPS) is 9.82. The van der Waals surface area contributed by atoms with Crippen LogP contribution in [0.25, 0.3) is 0 Å². The van der Waals surface area contributed by atoms with Gasteiger partial charge in [0.05, 0.1) is 17.8 Å². The summed E-state index contributed by atoms with van der Waals surface area (Å²) in [5.74, 6) is -1.16. The Bertz CT molecular complexity index is 443. The van der Waals surface area contributed by atoms with Crippen molar-refractivity contribution >= 4 is 17.6 Å². The lowest BCUT2D eigenvalue weighted by Crippen LogP contribution is -2.33. The summed E-state index contributed by atoms with van der Waals surface area (Å²) >= 11 is 0. The van der Waals surface area contributed by atoms with Crippen molar-refractivity contribution in [2.45, 2.75) is 6.92 Å². The molecule has 0 heterocycles. The first-order chi connectivity index (χ1) is 7.95. The van der Waals surface area contributed by atoms with E-state index in [4.69, 9.17) is 5.11 Å². The van der Waals surface area contributed by atoms with Gasteiger partial charge in [-0.2, -0.15) is 0 Å². The molecule has 5 nitrogen and oxygen atoms in total. The van der Waals surface area contributed by atoms with E-state index in [1.807, 2.05) is 13.0 Å². The van der Waals surface area contributed by atoms with Crippen LogP contribution in [0, 0.1) is 6.92 Å². The maximum atomic E-state index is 11.2. The van der Waals surface area contributed by atoms with Gasteiger partial charge in [-0.1, -0.05) is 11.6 Å². The van der Waals surface area contributed by atoms with Gasteiger partial charge >= 0.3 is 5.97 Å². The van der Waals surface area contributed by atoms with Gasteiger partial charge in [-0.05, 0) is 19.1 Å². The number of aryl methyl sites for hydroxylation is 1. The van der Waals surface area contributed by atoms with Crippen LogP contribution in [0.3, 0.4) is 0 Å². The lowest BCUT2D eigenvalue weighted by Gasteiger charge is -2.20. The monoisotopic (exact) mass is 236 g/mol. The highest BCUT2D eigenvalue weighted by molar-refractivity contribution is 5.95. The minimum Gasteiger partial charge on any atom is -0.478 e. The Balaban J connectivity index is 3.04. The average Bonchev–Trinajstić information content (AvgIpc) is 2.28. The first-order valence-electron chi connectivity index (χ1n) is 5.21. The quantitative estimate of drug-likeness (QED) is 0.814. The molecule has 0 radical (unpaired) electrons. The predicted octanol–water partition coefficient (Wildman–Crippen LogP) is 0.875. The standard InChI is InChI=1S/C12H16N2O3/c1-8-4-5-10(9(6-8)12(16)17)14(3)7-11(15)13-2/h4-6H,7H2,1-3H3,(H,13,15)(H,16,17). The molecule has 0 unspecified atom stereocenters. The molecule has 0 spiro atoms. The summed E-state index contributed by atoms with van der Waals surface area (Å²) < 4.78 is 0. The van der Waals surface area contributed by atoms with Gasteiger partial charge in [0.1, 0.15) is 0 Å². The summed E-state index contributed by atoms with van der Waals surface area (Å²) in [5, 5.41) is 11.6.